The molecule has 0 aliphatic rings. The molecule has 0 saturated heterocycles. The van der Waals surface area contributed by atoms with Gasteiger partial charge in [-0.1, -0.05) is 140 Å². The van der Waals surface area contributed by atoms with Crippen LogP contribution in [0, 0.1) is 0 Å². The van der Waals surface area contributed by atoms with Gasteiger partial charge in [-0.05, 0) is 88.1 Å². The number of nitrogens with zero attached hydrogens (tertiary/aromatic N) is 2. The molecule has 0 unspecified atom stereocenters. The SMILES string of the molecule is c1ccc(-c2ccccc2N(c2cccc(-c3c4ccccc4cc4c3c3ccccc3n4-c3ccccc3)c2)c2ccc3c(c2)oc2ccccc23)cc1. The number of fused-ring (bicyclic) bond motifs is 7. The molecule has 0 radical (unpaired) electrons. The standard InChI is InChI=1S/C52H34N2O/c1-3-16-35(17-4-1)41-23-9-12-27-46(41)53(40-30-31-44-43-25-11-14-29-49(43)55-50(44)34-40)39-22-15-19-37(32-39)51-42-24-8-7-18-36(42)33-48-52(51)45-26-10-13-28-47(45)54(48)38-20-5-2-6-21-38/h1-34H. The van der Waals surface area contributed by atoms with Crippen molar-refractivity contribution in [2.75, 3.05) is 4.90 Å². The summed E-state index contributed by atoms with van der Waals surface area (Å²) in [7, 11) is 0. The van der Waals surface area contributed by atoms with Crippen molar-refractivity contribution in [1.29, 1.82) is 0 Å². The molecule has 11 rings (SSSR count). The van der Waals surface area contributed by atoms with Crippen LogP contribution in [0.2, 0.25) is 0 Å². The summed E-state index contributed by atoms with van der Waals surface area (Å²) >= 11 is 0. The molecule has 0 atom stereocenters. The number of aromatic nitrogens is 1. The first-order chi connectivity index (χ1) is 27.3. The molecule has 11 aromatic rings. The molecule has 0 aliphatic carbocycles. The zero-order chi connectivity index (χ0) is 36.3. The van der Waals surface area contributed by atoms with Gasteiger partial charge in [0.15, 0.2) is 0 Å². The molecule has 55 heavy (non-hydrogen) atoms. The first kappa shape index (κ1) is 31.2. The molecule has 0 saturated carbocycles. The highest BCUT2D eigenvalue weighted by Gasteiger charge is 2.22. The van der Waals surface area contributed by atoms with E-state index in [0.717, 1.165) is 61.4 Å². The first-order valence-electron chi connectivity index (χ1n) is 18.8. The minimum atomic E-state index is 0.863. The van der Waals surface area contributed by atoms with Crippen molar-refractivity contribution in [2.45, 2.75) is 0 Å². The fraction of sp³-hybridized carbons (Fsp3) is 0. The summed E-state index contributed by atoms with van der Waals surface area (Å²) in [4.78, 5) is 2.38. The van der Waals surface area contributed by atoms with E-state index < -0.39 is 0 Å². The Morgan fingerprint density at radius 3 is 1.93 bits per heavy atom. The fourth-order valence-corrected chi connectivity index (χ4v) is 8.56. The predicted molar refractivity (Wildman–Crippen MR) is 231 cm³/mol. The summed E-state index contributed by atoms with van der Waals surface area (Å²) in [5.74, 6) is 0. The van der Waals surface area contributed by atoms with Crippen LogP contribution < -0.4 is 4.90 Å². The van der Waals surface area contributed by atoms with Crippen LogP contribution in [0.4, 0.5) is 17.1 Å². The lowest BCUT2D eigenvalue weighted by molar-refractivity contribution is 0.669. The quantitative estimate of drug-likeness (QED) is 0.172. The summed E-state index contributed by atoms with van der Waals surface area (Å²) < 4.78 is 8.88. The summed E-state index contributed by atoms with van der Waals surface area (Å²) in [5.41, 5.74) is 13.1. The van der Waals surface area contributed by atoms with Crippen molar-refractivity contribution in [3.05, 3.63) is 206 Å². The van der Waals surface area contributed by atoms with Crippen molar-refractivity contribution in [3.8, 4) is 27.9 Å². The van der Waals surface area contributed by atoms with Gasteiger partial charge in [0.1, 0.15) is 11.2 Å². The Hall–Kier alpha value is -7.36. The second-order valence-electron chi connectivity index (χ2n) is 14.1. The molecule has 0 bridgehead atoms. The molecule has 0 aliphatic heterocycles. The van der Waals surface area contributed by atoms with Gasteiger partial charge < -0.3 is 13.9 Å². The Balaban J connectivity index is 1.19. The zero-order valence-electron chi connectivity index (χ0n) is 29.9. The van der Waals surface area contributed by atoms with Gasteiger partial charge in [0.05, 0.1) is 16.7 Å². The van der Waals surface area contributed by atoms with Gasteiger partial charge in [0.25, 0.3) is 0 Å². The minimum absolute atomic E-state index is 0.863. The third kappa shape index (κ3) is 5.05. The molecule has 0 amide bonds. The lowest BCUT2D eigenvalue weighted by Crippen LogP contribution is -2.11. The van der Waals surface area contributed by atoms with Gasteiger partial charge in [-0.25, -0.2) is 0 Å². The van der Waals surface area contributed by atoms with Gasteiger partial charge >= 0.3 is 0 Å². The molecule has 9 aromatic carbocycles. The van der Waals surface area contributed by atoms with E-state index in [-0.39, 0.29) is 0 Å². The summed E-state index contributed by atoms with van der Waals surface area (Å²) in [6, 6.07) is 74.0. The molecule has 258 valence electrons. The molecule has 3 nitrogen and oxygen atoms in total. The largest absolute Gasteiger partial charge is 0.456 e. The van der Waals surface area contributed by atoms with E-state index in [1.165, 1.54) is 38.1 Å². The predicted octanol–water partition coefficient (Wildman–Crippen LogP) is 14.6. The van der Waals surface area contributed by atoms with Gasteiger partial charge in [-0.2, -0.15) is 0 Å². The molecule has 0 fully saturated rings. The molecule has 2 aromatic heterocycles. The van der Waals surface area contributed by atoms with E-state index >= 15 is 0 Å². The van der Waals surface area contributed by atoms with Crippen molar-refractivity contribution >= 4 is 71.6 Å². The molecular weight excluding hydrogens is 669 g/mol. The van der Waals surface area contributed by atoms with Crippen LogP contribution in [-0.2, 0) is 0 Å². The fourth-order valence-electron chi connectivity index (χ4n) is 8.56. The maximum atomic E-state index is 6.47. The van der Waals surface area contributed by atoms with Crippen LogP contribution >= 0.6 is 0 Å². The summed E-state index contributed by atoms with van der Waals surface area (Å²) in [6.45, 7) is 0. The lowest BCUT2D eigenvalue weighted by Gasteiger charge is -2.28. The van der Waals surface area contributed by atoms with Crippen LogP contribution in [0.15, 0.2) is 211 Å². The first-order valence-corrected chi connectivity index (χ1v) is 18.8. The van der Waals surface area contributed by atoms with Crippen LogP contribution in [0.5, 0.6) is 0 Å². The van der Waals surface area contributed by atoms with Crippen LogP contribution in [0.3, 0.4) is 0 Å². The zero-order valence-corrected chi connectivity index (χ0v) is 29.9. The highest BCUT2D eigenvalue weighted by molar-refractivity contribution is 6.23. The van der Waals surface area contributed by atoms with E-state index in [1.807, 2.05) is 12.1 Å². The molecular formula is C52H34N2O. The number of rotatable bonds is 6. The number of benzene rings is 9. The number of furan rings is 1. The Morgan fingerprint density at radius 2 is 1.05 bits per heavy atom. The number of para-hydroxylation sites is 4. The number of hydrogen-bond acceptors (Lipinski definition) is 2. The second kappa shape index (κ2) is 12.6. The van der Waals surface area contributed by atoms with Crippen molar-refractivity contribution in [2.24, 2.45) is 0 Å². The molecule has 0 spiro atoms. The third-order valence-electron chi connectivity index (χ3n) is 10.9. The average Bonchev–Trinajstić information content (AvgIpc) is 3.79. The lowest BCUT2D eigenvalue weighted by atomic mass is 9.92. The van der Waals surface area contributed by atoms with E-state index in [0.29, 0.717) is 0 Å². The number of hydrogen-bond donors (Lipinski definition) is 0. The summed E-state index contributed by atoms with van der Waals surface area (Å²) in [6.07, 6.45) is 0. The van der Waals surface area contributed by atoms with E-state index in [9.17, 15) is 0 Å². The van der Waals surface area contributed by atoms with Crippen LogP contribution in [0.1, 0.15) is 0 Å². The van der Waals surface area contributed by atoms with Gasteiger partial charge in [0, 0.05) is 50.2 Å². The molecule has 3 heteroatoms. The van der Waals surface area contributed by atoms with Gasteiger partial charge in [-0.15, -0.1) is 0 Å². The van der Waals surface area contributed by atoms with Crippen molar-refractivity contribution in [3.63, 3.8) is 0 Å². The van der Waals surface area contributed by atoms with Crippen LogP contribution in [-0.4, -0.2) is 4.57 Å². The molecule has 0 N–H and O–H groups in total. The second-order valence-corrected chi connectivity index (χ2v) is 14.1. The maximum Gasteiger partial charge on any atom is 0.137 e. The highest BCUT2D eigenvalue weighted by Crippen LogP contribution is 2.47. The smallest absolute Gasteiger partial charge is 0.137 e. The Kier molecular flexibility index (Phi) is 7.17. The van der Waals surface area contributed by atoms with E-state index in [1.54, 1.807) is 0 Å². The number of anilines is 3. The monoisotopic (exact) mass is 702 g/mol. The third-order valence-corrected chi connectivity index (χ3v) is 10.9. The van der Waals surface area contributed by atoms with E-state index in [4.69, 9.17) is 4.42 Å². The average molecular weight is 703 g/mol. The van der Waals surface area contributed by atoms with Crippen molar-refractivity contribution in [1.82, 2.24) is 4.57 Å². The van der Waals surface area contributed by atoms with Gasteiger partial charge in [0.2, 0.25) is 0 Å². The maximum absolute atomic E-state index is 6.47. The Bertz CT molecular complexity index is 3210. The normalized spacial score (nSPS) is 11.6. The Morgan fingerprint density at radius 1 is 0.400 bits per heavy atom. The molecule has 2 heterocycles. The van der Waals surface area contributed by atoms with Crippen LogP contribution in [0.25, 0.3) is 82.5 Å². The topological polar surface area (TPSA) is 21.3 Å². The summed E-state index contributed by atoms with van der Waals surface area (Å²) in [5, 5.41) is 7.14. The van der Waals surface area contributed by atoms with E-state index in [2.05, 4.69) is 204 Å². The van der Waals surface area contributed by atoms with Crippen molar-refractivity contribution < 1.29 is 4.42 Å². The van der Waals surface area contributed by atoms with Gasteiger partial charge in [-0.3, -0.25) is 0 Å². The minimum Gasteiger partial charge on any atom is -0.456 e. The highest BCUT2D eigenvalue weighted by atomic mass is 16.3. The Labute approximate surface area is 318 Å².